The molecule has 0 spiro atoms. The van der Waals surface area contributed by atoms with Gasteiger partial charge >= 0.3 is 0 Å². The number of rotatable bonds is 5. The Balaban J connectivity index is 1.14. The lowest BCUT2D eigenvalue weighted by Gasteiger charge is -2.10. The van der Waals surface area contributed by atoms with Crippen molar-refractivity contribution in [2.75, 3.05) is 0 Å². The van der Waals surface area contributed by atoms with Crippen LogP contribution < -0.4 is 9.47 Å². The fourth-order valence-electron chi connectivity index (χ4n) is 4.25. The Morgan fingerprint density at radius 1 is 0.333 bits per heavy atom. The molecular formula is C32H22O4. The number of aromatic hydroxyl groups is 2. The Bertz CT molecular complexity index is 1560. The standard InChI is InChI=1S/C32H22O4/c33-27-9-1-25-19-31(15-7-23(25)17-27)35-29-11-3-21(4-12-29)22-5-13-30(14-6-22)36-32-16-8-24-18-28(34)10-2-26(24)20-32/h1-20,33-34H. The topological polar surface area (TPSA) is 58.9 Å². The second-order valence-corrected chi connectivity index (χ2v) is 8.64. The van der Waals surface area contributed by atoms with E-state index in [9.17, 15) is 10.2 Å². The zero-order valence-electron chi connectivity index (χ0n) is 19.3. The average molecular weight is 471 g/mol. The molecule has 0 unspecified atom stereocenters. The van der Waals surface area contributed by atoms with Gasteiger partial charge in [0, 0.05) is 0 Å². The van der Waals surface area contributed by atoms with E-state index in [4.69, 9.17) is 9.47 Å². The van der Waals surface area contributed by atoms with E-state index in [1.165, 1.54) is 0 Å². The molecule has 0 aromatic heterocycles. The quantitative estimate of drug-likeness (QED) is 0.265. The Labute approximate surface area is 208 Å². The van der Waals surface area contributed by atoms with Gasteiger partial charge in [-0.2, -0.15) is 0 Å². The summed E-state index contributed by atoms with van der Waals surface area (Å²) < 4.78 is 12.1. The van der Waals surface area contributed by atoms with Crippen molar-refractivity contribution < 1.29 is 19.7 Å². The zero-order valence-corrected chi connectivity index (χ0v) is 19.3. The highest BCUT2D eigenvalue weighted by Crippen LogP contribution is 2.31. The van der Waals surface area contributed by atoms with Crippen molar-refractivity contribution >= 4 is 21.5 Å². The smallest absolute Gasteiger partial charge is 0.128 e. The van der Waals surface area contributed by atoms with Gasteiger partial charge < -0.3 is 19.7 Å². The molecule has 0 saturated carbocycles. The Morgan fingerprint density at radius 3 is 1.08 bits per heavy atom. The molecule has 6 rings (SSSR count). The van der Waals surface area contributed by atoms with E-state index in [2.05, 4.69) is 0 Å². The molecule has 4 heteroatoms. The summed E-state index contributed by atoms with van der Waals surface area (Å²) in [5, 5.41) is 23.2. The second-order valence-electron chi connectivity index (χ2n) is 8.64. The van der Waals surface area contributed by atoms with Crippen LogP contribution in [0.5, 0.6) is 34.5 Å². The lowest BCUT2D eigenvalue weighted by atomic mass is 10.1. The van der Waals surface area contributed by atoms with Crippen LogP contribution in [-0.4, -0.2) is 10.2 Å². The van der Waals surface area contributed by atoms with Crippen LogP contribution in [0.15, 0.2) is 121 Å². The van der Waals surface area contributed by atoms with Crippen LogP contribution in [0.1, 0.15) is 0 Å². The molecule has 2 N–H and O–H groups in total. The number of benzene rings is 6. The maximum atomic E-state index is 9.63. The molecule has 0 aliphatic rings. The minimum atomic E-state index is 0.252. The molecule has 0 fully saturated rings. The molecule has 6 aromatic rings. The van der Waals surface area contributed by atoms with Gasteiger partial charge in [0.25, 0.3) is 0 Å². The van der Waals surface area contributed by atoms with Crippen molar-refractivity contribution in [2.24, 2.45) is 0 Å². The molecule has 0 aliphatic heterocycles. The molecule has 0 radical (unpaired) electrons. The van der Waals surface area contributed by atoms with Crippen molar-refractivity contribution in [1.29, 1.82) is 0 Å². The molecule has 6 aromatic carbocycles. The number of phenolic OH excluding ortho intramolecular Hbond substituents is 2. The lowest BCUT2D eigenvalue weighted by molar-refractivity contribution is 0.475. The second kappa shape index (κ2) is 9.01. The molecule has 0 atom stereocenters. The molecule has 0 amide bonds. The molecule has 0 heterocycles. The van der Waals surface area contributed by atoms with Crippen molar-refractivity contribution in [1.82, 2.24) is 0 Å². The van der Waals surface area contributed by atoms with Crippen LogP contribution >= 0.6 is 0 Å². The van der Waals surface area contributed by atoms with E-state index >= 15 is 0 Å². The predicted octanol–water partition coefficient (Wildman–Crippen LogP) is 8.66. The normalized spacial score (nSPS) is 11.0. The first-order chi connectivity index (χ1) is 17.6. The third-order valence-corrected chi connectivity index (χ3v) is 6.10. The maximum absolute atomic E-state index is 9.63. The van der Waals surface area contributed by atoms with Crippen LogP contribution in [0.3, 0.4) is 0 Å². The van der Waals surface area contributed by atoms with Crippen LogP contribution in [-0.2, 0) is 0 Å². The summed E-state index contributed by atoms with van der Waals surface area (Å²) in [6, 6.07) is 38.1. The average Bonchev–Trinajstić information content (AvgIpc) is 2.90. The molecule has 174 valence electrons. The van der Waals surface area contributed by atoms with Crippen molar-refractivity contribution in [3.05, 3.63) is 121 Å². The van der Waals surface area contributed by atoms with E-state index in [0.717, 1.165) is 55.7 Å². The van der Waals surface area contributed by atoms with Crippen molar-refractivity contribution in [3.8, 4) is 45.6 Å². The highest BCUT2D eigenvalue weighted by molar-refractivity contribution is 5.86. The number of fused-ring (bicyclic) bond motifs is 2. The fourth-order valence-corrected chi connectivity index (χ4v) is 4.25. The largest absolute Gasteiger partial charge is 0.508 e. The van der Waals surface area contributed by atoms with E-state index in [1.54, 1.807) is 24.3 Å². The first-order valence-electron chi connectivity index (χ1n) is 11.6. The molecule has 4 nitrogen and oxygen atoms in total. The summed E-state index contributed by atoms with van der Waals surface area (Å²) in [5.74, 6) is 3.49. The zero-order chi connectivity index (χ0) is 24.5. The number of hydrogen-bond donors (Lipinski definition) is 2. The Morgan fingerprint density at radius 2 is 0.667 bits per heavy atom. The minimum Gasteiger partial charge on any atom is -0.508 e. The van der Waals surface area contributed by atoms with E-state index < -0.39 is 0 Å². The molecule has 0 aliphatic carbocycles. The van der Waals surface area contributed by atoms with Crippen LogP contribution in [0.25, 0.3) is 32.7 Å². The van der Waals surface area contributed by atoms with Gasteiger partial charge in [-0.3, -0.25) is 0 Å². The highest BCUT2D eigenvalue weighted by Gasteiger charge is 2.05. The van der Waals surface area contributed by atoms with E-state index in [1.807, 2.05) is 97.1 Å². The summed E-state index contributed by atoms with van der Waals surface area (Å²) in [6.45, 7) is 0. The molecular weight excluding hydrogens is 448 g/mol. The molecule has 0 saturated heterocycles. The first kappa shape index (κ1) is 21.6. The minimum absolute atomic E-state index is 0.252. The van der Waals surface area contributed by atoms with E-state index in [0.29, 0.717) is 0 Å². The predicted molar refractivity (Wildman–Crippen MR) is 143 cm³/mol. The first-order valence-corrected chi connectivity index (χ1v) is 11.6. The van der Waals surface area contributed by atoms with Gasteiger partial charge in [0.05, 0.1) is 0 Å². The fraction of sp³-hybridized carbons (Fsp3) is 0. The van der Waals surface area contributed by atoms with Gasteiger partial charge in [-0.05, 0) is 105 Å². The van der Waals surface area contributed by atoms with Gasteiger partial charge in [0.15, 0.2) is 0 Å². The van der Waals surface area contributed by atoms with Gasteiger partial charge in [-0.1, -0.05) is 48.5 Å². The Kier molecular flexibility index (Phi) is 5.39. The van der Waals surface area contributed by atoms with Crippen LogP contribution in [0, 0.1) is 0 Å². The van der Waals surface area contributed by atoms with Gasteiger partial charge in [0.1, 0.15) is 34.5 Å². The van der Waals surface area contributed by atoms with Crippen LogP contribution in [0.4, 0.5) is 0 Å². The van der Waals surface area contributed by atoms with Crippen molar-refractivity contribution in [3.63, 3.8) is 0 Å². The number of ether oxygens (including phenoxy) is 2. The van der Waals surface area contributed by atoms with Gasteiger partial charge in [-0.15, -0.1) is 0 Å². The van der Waals surface area contributed by atoms with E-state index in [-0.39, 0.29) is 11.5 Å². The van der Waals surface area contributed by atoms with Crippen LogP contribution in [0.2, 0.25) is 0 Å². The summed E-state index contributed by atoms with van der Waals surface area (Å²) in [7, 11) is 0. The summed E-state index contributed by atoms with van der Waals surface area (Å²) >= 11 is 0. The summed E-state index contributed by atoms with van der Waals surface area (Å²) in [5.41, 5.74) is 2.15. The SMILES string of the molecule is Oc1ccc2cc(Oc3ccc(-c4ccc(Oc5ccc6cc(O)ccc6c5)cc4)cc3)ccc2c1. The monoisotopic (exact) mass is 470 g/mol. The van der Waals surface area contributed by atoms with Gasteiger partial charge in [-0.25, -0.2) is 0 Å². The summed E-state index contributed by atoms with van der Waals surface area (Å²) in [4.78, 5) is 0. The Hall–Kier alpha value is -4.96. The van der Waals surface area contributed by atoms with Gasteiger partial charge in [0.2, 0.25) is 0 Å². The summed E-state index contributed by atoms with van der Waals surface area (Å²) in [6.07, 6.45) is 0. The number of hydrogen-bond acceptors (Lipinski definition) is 4. The highest BCUT2D eigenvalue weighted by atomic mass is 16.5. The van der Waals surface area contributed by atoms with Crippen molar-refractivity contribution in [2.45, 2.75) is 0 Å². The molecule has 0 bridgehead atoms. The maximum Gasteiger partial charge on any atom is 0.128 e. The third kappa shape index (κ3) is 4.52. The lowest BCUT2D eigenvalue weighted by Crippen LogP contribution is -1.86. The third-order valence-electron chi connectivity index (χ3n) is 6.10. The molecule has 36 heavy (non-hydrogen) atoms. The number of phenols is 2.